The maximum absolute atomic E-state index is 9.52. The second-order valence-corrected chi connectivity index (χ2v) is 3.87. The Morgan fingerprint density at radius 1 is 1.07 bits per heavy atom. The Balaban J connectivity index is 2.29. The van der Waals surface area contributed by atoms with Gasteiger partial charge >= 0.3 is 0 Å². The molecule has 2 rings (SSSR count). The van der Waals surface area contributed by atoms with E-state index < -0.39 is 0 Å². The van der Waals surface area contributed by atoms with Crippen LogP contribution in [-0.2, 0) is 0 Å². The third kappa shape index (κ3) is 1.41. The van der Waals surface area contributed by atoms with E-state index in [2.05, 4.69) is 0 Å². The molecule has 1 heterocycles. The van der Waals surface area contributed by atoms with Gasteiger partial charge in [-0.05, 0) is 12.8 Å². The molecule has 4 heteroatoms. The molecule has 78 valence electrons. The molecule has 1 aliphatic rings. The first-order valence-corrected chi connectivity index (χ1v) is 5.02. The Labute approximate surface area is 82.4 Å². The Morgan fingerprint density at radius 2 is 1.71 bits per heavy atom. The van der Waals surface area contributed by atoms with Gasteiger partial charge in [0.25, 0.3) is 0 Å². The largest absolute Gasteiger partial charge is 0.503 e. The highest BCUT2D eigenvalue weighted by Gasteiger charge is 2.22. The van der Waals surface area contributed by atoms with Crippen molar-refractivity contribution in [1.29, 1.82) is 0 Å². The fraction of sp³-hybridized carbons (Fsp3) is 0.600. The summed E-state index contributed by atoms with van der Waals surface area (Å²) < 4.78 is 1.43. The highest BCUT2D eigenvalue weighted by molar-refractivity contribution is 5.40. The summed E-state index contributed by atoms with van der Waals surface area (Å²) in [5.74, 6) is -0.505. The van der Waals surface area contributed by atoms with E-state index in [0.29, 0.717) is 0 Å². The second-order valence-electron chi connectivity index (χ2n) is 3.87. The van der Waals surface area contributed by atoms with Gasteiger partial charge in [-0.15, -0.1) is 0 Å². The summed E-state index contributed by atoms with van der Waals surface area (Å²) in [6.07, 6.45) is 5.35. The van der Waals surface area contributed by atoms with E-state index in [1.807, 2.05) is 0 Å². The van der Waals surface area contributed by atoms with Crippen molar-refractivity contribution in [1.82, 2.24) is 4.57 Å². The van der Waals surface area contributed by atoms with E-state index in [1.54, 1.807) is 0 Å². The Hall–Kier alpha value is -1.32. The predicted molar refractivity (Wildman–Crippen MR) is 51.5 cm³/mol. The van der Waals surface area contributed by atoms with Crippen LogP contribution in [0.25, 0.3) is 0 Å². The van der Waals surface area contributed by atoms with E-state index >= 15 is 0 Å². The quantitative estimate of drug-likeness (QED) is 0.646. The molecule has 0 aliphatic heterocycles. The summed E-state index contributed by atoms with van der Waals surface area (Å²) in [5.41, 5.74) is 0. The van der Waals surface area contributed by atoms with Crippen LogP contribution in [-0.4, -0.2) is 19.9 Å². The smallest absolute Gasteiger partial charge is 0.237 e. The number of rotatable bonds is 1. The van der Waals surface area contributed by atoms with Gasteiger partial charge < -0.3 is 15.3 Å². The predicted octanol–water partition coefficient (Wildman–Crippen LogP) is 2.11. The van der Waals surface area contributed by atoms with Crippen molar-refractivity contribution >= 4 is 0 Å². The molecule has 4 nitrogen and oxygen atoms in total. The van der Waals surface area contributed by atoms with Gasteiger partial charge in [0.2, 0.25) is 5.88 Å². The minimum Gasteiger partial charge on any atom is -0.503 e. The summed E-state index contributed by atoms with van der Waals surface area (Å²) in [6, 6.07) is 1.31. The molecule has 0 saturated heterocycles. The molecule has 1 saturated carbocycles. The highest BCUT2D eigenvalue weighted by atomic mass is 16.3. The zero-order valence-corrected chi connectivity index (χ0v) is 7.98. The van der Waals surface area contributed by atoms with E-state index in [9.17, 15) is 15.3 Å². The molecule has 1 aliphatic carbocycles. The van der Waals surface area contributed by atoms with E-state index in [0.717, 1.165) is 25.7 Å². The van der Waals surface area contributed by atoms with Crippen molar-refractivity contribution in [2.45, 2.75) is 38.1 Å². The third-order valence-electron chi connectivity index (χ3n) is 2.91. The standard InChI is InChI=1S/C10H15NO3/c12-8-6-9(13)11(10(8)14)7-4-2-1-3-5-7/h6-7,12-14H,1-5H2. The van der Waals surface area contributed by atoms with Crippen molar-refractivity contribution in [2.75, 3.05) is 0 Å². The zero-order chi connectivity index (χ0) is 10.1. The van der Waals surface area contributed by atoms with Gasteiger partial charge in [0, 0.05) is 12.1 Å². The minimum absolute atomic E-state index is 0.0492. The number of aromatic hydroxyl groups is 3. The molecule has 0 radical (unpaired) electrons. The molecule has 0 unspecified atom stereocenters. The van der Waals surface area contributed by atoms with E-state index in [-0.39, 0.29) is 23.6 Å². The first kappa shape index (κ1) is 9.24. The highest BCUT2D eigenvalue weighted by Crippen LogP contribution is 2.40. The molecule has 3 N–H and O–H groups in total. The number of aromatic nitrogens is 1. The van der Waals surface area contributed by atoms with E-state index in [1.165, 1.54) is 17.1 Å². The van der Waals surface area contributed by atoms with Gasteiger partial charge in [-0.1, -0.05) is 19.3 Å². The lowest BCUT2D eigenvalue weighted by molar-refractivity contribution is 0.277. The average molecular weight is 197 g/mol. The molecule has 0 atom stereocenters. The fourth-order valence-electron chi connectivity index (χ4n) is 2.19. The second kappa shape index (κ2) is 3.44. The van der Waals surface area contributed by atoms with Crippen LogP contribution < -0.4 is 0 Å². The molecular formula is C10H15NO3. The van der Waals surface area contributed by atoms with Crippen molar-refractivity contribution in [3.05, 3.63) is 6.07 Å². The first-order chi connectivity index (χ1) is 6.70. The lowest BCUT2D eigenvalue weighted by Gasteiger charge is -2.24. The maximum Gasteiger partial charge on any atom is 0.237 e. The molecule has 1 fully saturated rings. The topological polar surface area (TPSA) is 65.6 Å². The van der Waals surface area contributed by atoms with Gasteiger partial charge in [0.05, 0.1) is 0 Å². The van der Waals surface area contributed by atoms with Crippen LogP contribution in [0.1, 0.15) is 38.1 Å². The van der Waals surface area contributed by atoms with Gasteiger partial charge in [0.15, 0.2) is 11.6 Å². The number of hydrogen-bond acceptors (Lipinski definition) is 3. The summed E-state index contributed by atoms with van der Waals surface area (Å²) >= 11 is 0. The number of nitrogens with zero attached hydrogens (tertiary/aromatic N) is 1. The molecule has 14 heavy (non-hydrogen) atoms. The van der Waals surface area contributed by atoms with E-state index in [4.69, 9.17) is 0 Å². The summed E-state index contributed by atoms with van der Waals surface area (Å²) in [7, 11) is 0. The van der Waals surface area contributed by atoms with Gasteiger partial charge in [-0.2, -0.15) is 0 Å². The Morgan fingerprint density at radius 3 is 2.21 bits per heavy atom. The molecule has 1 aromatic heterocycles. The van der Waals surface area contributed by atoms with Crippen LogP contribution in [0.2, 0.25) is 0 Å². The van der Waals surface area contributed by atoms with Crippen LogP contribution in [0.3, 0.4) is 0 Å². The van der Waals surface area contributed by atoms with Crippen LogP contribution in [0.15, 0.2) is 6.07 Å². The molecule has 0 aromatic carbocycles. The van der Waals surface area contributed by atoms with Crippen molar-refractivity contribution in [2.24, 2.45) is 0 Å². The summed E-state index contributed by atoms with van der Waals surface area (Å²) in [4.78, 5) is 0. The third-order valence-corrected chi connectivity index (χ3v) is 2.91. The van der Waals surface area contributed by atoms with Crippen molar-refractivity contribution in [3.63, 3.8) is 0 Å². The van der Waals surface area contributed by atoms with Crippen LogP contribution in [0.5, 0.6) is 17.5 Å². The molecule has 0 amide bonds. The minimum atomic E-state index is -0.243. The lowest BCUT2D eigenvalue weighted by Crippen LogP contribution is -2.11. The normalized spacial score (nSPS) is 18.6. The Bertz CT molecular complexity index is 326. The van der Waals surface area contributed by atoms with Gasteiger partial charge in [-0.3, -0.25) is 4.57 Å². The van der Waals surface area contributed by atoms with Gasteiger partial charge in [0.1, 0.15) is 0 Å². The van der Waals surface area contributed by atoms with Crippen molar-refractivity contribution < 1.29 is 15.3 Å². The molecule has 1 aromatic rings. The van der Waals surface area contributed by atoms with Crippen LogP contribution >= 0.6 is 0 Å². The summed E-state index contributed by atoms with van der Waals surface area (Å²) in [5, 5.41) is 28.3. The van der Waals surface area contributed by atoms with Crippen LogP contribution in [0, 0.1) is 0 Å². The first-order valence-electron chi connectivity index (χ1n) is 5.02. The number of hydrogen-bond donors (Lipinski definition) is 3. The Kier molecular flexibility index (Phi) is 2.27. The maximum atomic E-state index is 9.52. The SMILES string of the molecule is Oc1cc(O)n(C2CCCCC2)c1O. The molecule has 0 bridgehead atoms. The van der Waals surface area contributed by atoms with Crippen LogP contribution in [0.4, 0.5) is 0 Å². The monoisotopic (exact) mass is 197 g/mol. The lowest BCUT2D eigenvalue weighted by atomic mass is 9.95. The van der Waals surface area contributed by atoms with Crippen molar-refractivity contribution in [3.8, 4) is 17.5 Å². The fourth-order valence-corrected chi connectivity index (χ4v) is 2.19. The zero-order valence-electron chi connectivity index (χ0n) is 7.98. The molecular weight excluding hydrogens is 182 g/mol. The summed E-state index contributed by atoms with van der Waals surface area (Å²) in [6.45, 7) is 0. The molecule has 0 spiro atoms. The average Bonchev–Trinajstić information content (AvgIpc) is 2.43. The van der Waals surface area contributed by atoms with Gasteiger partial charge in [-0.25, -0.2) is 0 Å².